The van der Waals surface area contributed by atoms with Gasteiger partial charge in [0.05, 0.1) is 18.4 Å². The van der Waals surface area contributed by atoms with Crippen LogP contribution in [0.4, 0.5) is 14.5 Å². The number of benzene rings is 1. The van der Waals surface area contributed by atoms with Crippen LogP contribution in [0.2, 0.25) is 0 Å². The Morgan fingerprint density at radius 1 is 1.42 bits per heavy atom. The molecule has 0 aliphatic carbocycles. The van der Waals surface area contributed by atoms with Crippen molar-refractivity contribution in [2.24, 2.45) is 0 Å². The van der Waals surface area contributed by atoms with Crippen LogP contribution in [0.25, 0.3) is 0 Å². The number of hydrogen-bond acceptors (Lipinski definition) is 3. The minimum Gasteiger partial charge on any atom is -0.389 e. The van der Waals surface area contributed by atoms with Gasteiger partial charge in [-0.25, -0.2) is 8.78 Å². The molecule has 0 spiro atoms. The van der Waals surface area contributed by atoms with Crippen LogP contribution in [-0.4, -0.2) is 31.0 Å². The molecule has 3 nitrogen and oxygen atoms in total. The van der Waals surface area contributed by atoms with Gasteiger partial charge in [0, 0.05) is 23.7 Å². The molecule has 0 saturated heterocycles. The first-order valence-corrected chi connectivity index (χ1v) is 6.98. The number of hydrogen-bond donors (Lipinski definition) is 2. The highest BCUT2D eigenvalue weighted by Gasteiger charge is 2.11. The van der Waals surface area contributed by atoms with E-state index < -0.39 is 17.7 Å². The van der Waals surface area contributed by atoms with E-state index in [1.54, 1.807) is 0 Å². The number of aliphatic hydroxyl groups is 1. The average Bonchev–Trinajstić information content (AvgIpc) is 2.33. The van der Waals surface area contributed by atoms with Crippen LogP contribution in [0.1, 0.15) is 19.8 Å². The number of halogens is 3. The fourth-order valence-electron chi connectivity index (χ4n) is 1.46. The SMILES string of the molecule is CCCCOCC(O)CNc1c(F)cc(F)cc1Br. The molecule has 0 bridgehead atoms. The number of anilines is 1. The fraction of sp³-hybridized carbons (Fsp3) is 0.538. The Bertz CT molecular complexity index is 381. The van der Waals surface area contributed by atoms with Crippen LogP contribution in [0, 0.1) is 11.6 Å². The lowest BCUT2D eigenvalue weighted by Crippen LogP contribution is -2.25. The molecule has 1 rings (SSSR count). The second-order valence-electron chi connectivity index (χ2n) is 4.21. The van der Waals surface area contributed by atoms with Crippen molar-refractivity contribution in [2.45, 2.75) is 25.9 Å². The van der Waals surface area contributed by atoms with Crippen LogP contribution in [0.3, 0.4) is 0 Å². The van der Waals surface area contributed by atoms with Gasteiger partial charge in [0.15, 0.2) is 0 Å². The number of unbranched alkanes of at least 4 members (excludes halogenated alkanes) is 1. The summed E-state index contributed by atoms with van der Waals surface area (Å²) in [7, 11) is 0. The van der Waals surface area contributed by atoms with E-state index in [1.807, 2.05) is 0 Å². The molecule has 1 aromatic rings. The summed E-state index contributed by atoms with van der Waals surface area (Å²) in [5, 5.41) is 12.4. The minimum atomic E-state index is -0.742. The molecule has 19 heavy (non-hydrogen) atoms. The van der Waals surface area contributed by atoms with Crippen LogP contribution in [-0.2, 0) is 4.74 Å². The van der Waals surface area contributed by atoms with Gasteiger partial charge >= 0.3 is 0 Å². The minimum absolute atomic E-state index is 0.132. The van der Waals surface area contributed by atoms with Crippen LogP contribution in [0.15, 0.2) is 16.6 Å². The van der Waals surface area contributed by atoms with Crippen LogP contribution in [0.5, 0.6) is 0 Å². The zero-order chi connectivity index (χ0) is 14.3. The molecule has 1 unspecified atom stereocenters. The molecule has 0 fully saturated rings. The molecule has 0 aliphatic rings. The number of ether oxygens (including phenoxy) is 1. The fourth-order valence-corrected chi connectivity index (χ4v) is 2.00. The monoisotopic (exact) mass is 337 g/mol. The molecule has 0 amide bonds. The lowest BCUT2D eigenvalue weighted by Gasteiger charge is -2.14. The summed E-state index contributed by atoms with van der Waals surface area (Å²) in [5.41, 5.74) is 0.133. The molecule has 0 heterocycles. The van der Waals surface area contributed by atoms with E-state index in [4.69, 9.17) is 4.74 Å². The van der Waals surface area contributed by atoms with E-state index in [2.05, 4.69) is 28.2 Å². The Morgan fingerprint density at radius 3 is 2.79 bits per heavy atom. The third-order valence-electron chi connectivity index (χ3n) is 2.47. The molecule has 6 heteroatoms. The molecule has 0 aliphatic heterocycles. The molecular formula is C13H18BrF2NO2. The Labute approximate surface area is 120 Å². The van der Waals surface area contributed by atoms with Gasteiger partial charge in [-0.2, -0.15) is 0 Å². The van der Waals surface area contributed by atoms with Gasteiger partial charge in [-0.1, -0.05) is 13.3 Å². The first kappa shape index (κ1) is 16.3. The molecule has 0 radical (unpaired) electrons. The Kier molecular flexibility index (Phi) is 7.27. The first-order valence-electron chi connectivity index (χ1n) is 6.18. The third kappa shape index (κ3) is 5.84. The van der Waals surface area contributed by atoms with Crippen molar-refractivity contribution in [3.63, 3.8) is 0 Å². The van der Waals surface area contributed by atoms with E-state index in [0.29, 0.717) is 6.61 Å². The van der Waals surface area contributed by atoms with Gasteiger partial charge in [0.1, 0.15) is 11.6 Å². The molecule has 1 atom stereocenters. The second kappa shape index (κ2) is 8.45. The maximum atomic E-state index is 13.5. The molecule has 0 saturated carbocycles. The number of aliphatic hydroxyl groups excluding tert-OH is 1. The van der Waals surface area contributed by atoms with Crippen molar-refractivity contribution >= 4 is 21.6 Å². The van der Waals surface area contributed by atoms with Crippen LogP contribution < -0.4 is 5.32 Å². The summed E-state index contributed by atoms with van der Waals surface area (Å²) in [4.78, 5) is 0. The lowest BCUT2D eigenvalue weighted by atomic mass is 10.2. The standard InChI is InChI=1S/C13H18BrF2NO2/c1-2-3-4-19-8-10(18)7-17-13-11(14)5-9(15)6-12(13)16/h5-6,10,17-18H,2-4,7-8H2,1H3. The number of nitrogens with one attached hydrogen (secondary N) is 1. The molecular weight excluding hydrogens is 320 g/mol. The van der Waals surface area contributed by atoms with Gasteiger partial charge < -0.3 is 15.2 Å². The van der Waals surface area contributed by atoms with E-state index in [-0.39, 0.29) is 23.3 Å². The van der Waals surface area contributed by atoms with Gasteiger partial charge in [0.25, 0.3) is 0 Å². The van der Waals surface area contributed by atoms with Crippen molar-refractivity contribution < 1.29 is 18.6 Å². The van der Waals surface area contributed by atoms with Crippen molar-refractivity contribution in [1.82, 2.24) is 0 Å². The lowest BCUT2D eigenvalue weighted by molar-refractivity contribution is 0.0421. The smallest absolute Gasteiger partial charge is 0.150 e. The molecule has 1 aromatic carbocycles. The zero-order valence-corrected chi connectivity index (χ0v) is 12.3. The van der Waals surface area contributed by atoms with Crippen LogP contribution >= 0.6 is 15.9 Å². The van der Waals surface area contributed by atoms with Crippen molar-refractivity contribution in [1.29, 1.82) is 0 Å². The van der Waals surface area contributed by atoms with E-state index in [0.717, 1.165) is 25.0 Å². The Balaban J connectivity index is 2.40. The molecule has 108 valence electrons. The quantitative estimate of drug-likeness (QED) is 0.715. The highest BCUT2D eigenvalue weighted by atomic mass is 79.9. The number of rotatable bonds is 8. The topological polar surface area (TPSA) is 41.5 Å². The largest absolute Gasteiger partial charge is 0.389 e. The molecule has 2 N–H and O–H groups in total. The third-order valence-corrected chi connectivity index (χ3v) is 3.10. The summed E-state index contributed by atoms with van der Waals surface area (Å²) in [6.07, 6.45) is 1.23. The summed E-state index contributed by atoms with van der Waals surface area (Å²) >= 11 is 3.07. The normalized spacial score (nSPS) is 12.5. The van der Waals surface area contributed by atoms with Crippen molar-refractivity contribution in [2.75, 3.05) is 25.1 Å². The predicted molar refractivity (Wildman–Crippen MR) is 74.3 cm³/mol. The Morgan fingerprint density at radius 2 is 2.16 bits per heavy atom. The van der Waals surface area contributed by atoms with E-state index >= 15 is 0 Å². The maximum Gasteiger partial charge on any atom is 0.150 e. The second-order valence-corrected chi connectivity index (χ2v) is 5.06. The van der Waals surface area contributed by atoms with E-state index in [1.165, 1.54) is 0 Å². The zero-order valence-electron chi connectivity index (χ0n) is 10.8. The Hall–Kier alpha value is -0.720. The van der Waals surface area contributed by atoms with E-state index in [9.17, 15) is 13.9 Å². The van der Waals surface area contributed by atoms with Gasteiger partial charge in [-0.05, 0) is 28.4 Å². The van der Waals surface area contributed by atoms with Gasteiger partial charge in [0.2, 0.25) is 0 Å². The van der Waals surface area contributed by atoms with Gasteiger partial charge in [-0.3, -0.25) is 0 Å². The van der Waals surface area contributed by atoms with Crippen molar-refractivity contribution in [3.8, 4) is 0 Å². The summed E-state index contributed by atoms with van der Waals surface area (Å²) in [5.74, 6) is -1.36. The van der Waals surface area contributed by atoms with Gasteiger partial charge in [-0.15, -0.1) is 0 Å². The average molecular weight is 338 g/mol. The maximum absolute atomic E-state index is 13.5. The summed E-state index contributed by atoms with van der Waals surface area (Å²) < 4.78 is 31.9. The predicted octanol–water partition coefficient (Wildman–Crippen LogP) is 3.32. The van der Waals surface area contributed by atoms with Crippen molar-refractivity contribution in [3.05, 3.63) is 28.2 Å². The summed E-state index contributed by atoms with van der Waals surface area (Å²) in [6.45, 7) is 2.97. The highest BCUT2D eigenvalue weighted by Crippen LogP contribution is 2.26. The highest BCUT2D eigenvalue weighted by molar-refractivity contribution is 9.10. The first-order chi connectivity index (χ1) is 9.04. The molecule has 0 aromatic heterocycles. The summed E-state index contributed by atoms with van der Waals surface area (Å²) in [6, 6.07) is 1.95.